The van der Waals surface area contributed by atoms with Crippen molar-refractivity contribution in [2.24, 2.45) is 0 Å². The molecule has 7 nitrogen and oxygen atoms in total. The number of carboxylic acid groups (broad SMARTS) is 1. The highest BCUT2D eigenvalue weighted by Gasteiger charge is 2.34. The van der Waals surface area contributed by atoms with Gasteiger partial charge in [-0.25, -0.2) is 4.79 Å². The van der Waals surface area contributed by atoms with Crippen LogP contribution in [0.4, 0.5) is 4.79 Å². The van der Waals surface area contributed by atoms with Crippen LogP contribution in [-0.2, 0) is 22.4 Å². The molecule has 3 aromatic rings. The fourth-order valence-corrected chi connectivity index (χ4v) is 4.01. The van der Waals surface area contributed by atoms with Crippen LogP contribution in [0.5, 0.6) is 0 Å². The van der Waals surface area contributed by atoms with Crippen LogP contribution in [0.3, 0.4) is 0 Å². The Morgan fingerprint density at radius 1 is 0.714 bits per heavy atom. The lowest BCUT2D eigenvalue weighted by Crippen LogP contribution is -2.55. The molecule has 0 unspecified atom stereocenters. The van der Waals surface area contributed by atoms with Crippen LogP contribution in [0.15, 0.2) is 84.9 Å². The molecule has 0 aromatic heterocycles. The van der Waals surface area contributed by atoms with E-state index < -0.39 is 24.1 Å². The summed E-state index contributed by atoms with van der Waals surface area (Å²) in [5, 5.41) is 12.3. The van der Waals surface area contributed by atoms with E-state index in [1.807, 2.05) is 84.9 Å². The standard InChI is InChI=1S/C28H31N3O4/c1-29-26(32)24(18-20-10-6-4-7-11-20)30(2)27(33)25(31(3)28(34)35)19-21-14-16-23(17-15-21)22-12-8-5-9-13-22/h4-17,24-25H,18-19H2,1-3H3,(H,29,32)(H,34,35)/t24-,25-/m1/s1. The summed E-state index contributed by atoms with van der Waals surface area (Å²) in [6, 6.07) is 25.3. The normalized spacial score (nSPS) is 12.3. The van der Waals surface area contributed by atoms with Crippen molar-refractivity contribution in [3.8, 4) is 11.1 Å². The van der Waals surface area contributed by atoms with E-state index in [9.17, 15) is 19.5 Å². The third kappa shape index (κ3) is 6.47. The summed E-state index contributed by atoms with van der Waals surface area (Å²) in [5.74, 6) is -0.750. The average Bonchev–Trinajstić information content (AvgIpc) is 2.90. The number of carbonyl (C=O) groups excluding carboxylic acids is 2. The van der Waals surface area contributed by atoms with Crippen molar-refractivity contribution in [3.05, 3.63) is 96.1 Å². The van der Waals surface area contributed by atoms with Gasteiger partial charge in [0.1, 0.15) is 12.1 Å². The molecule has 0 aliphatic heterocycles. The van der Waals surface area contributed by atoms with E-state index in [0.717, 1.165) is 27.2 Å². The Labute approximate surface area is 206 Å². The first-order valence-corrected chi connectivity index (χ1v) is 11.4. The summed E-state index contributed by atoms with van der Waals surface area (Å²) in [4.78, 5) is 40.4. The number of hydrogen-bond donors (Lipinski definition) is 2. The monoisotopic (exact) mass is 473 g/mol. The Hall–Kier alpha value is -4.13. The van der Waals surface area contributed by atoms with Crippen molar-refractivity contribution >= 4 is 17.9 Å². The summed E-state index contributed by atoms with van der Waals surface area (Å²) in [6.07, 6.45) is -0.706. The van der Waals surface area contributed by atoms with Gasteiger partial charge in [-0.2, -0.15) is 0 Å². The van der Waals surface area contributed by atoms with E-state index in [-0.39, 0.29) is 12.3 Å². The Balaban J connectivity index is 1.84. The van der Waals surface area contributed by atoms with Gasteiger partial charge in [0.25, 0.3) is 0 Å². The molecule has 0 saturated carbocycles. The lowest BCUT2D eigenvalue weighted by atomic mass is 9.98. The lowest BCUT2D eigenvalue weighted by Gasteiger charge is -2.33. The van der Waals surface area contributed by atoms with E-state index in [4.69, 9.17) is 0 Å². The quantitative estimate of drug-likeness (QED) is 0.496. The first-order valence-electron chi connectivity index (χ1n) is 11.4. The SMILES string of the molecule is CNC(=O)[C@@H](Cc1ccccc1)N(C)C(=O)[C@@H](Cc1ccc(-c2ccccc2)cc1)N(C)C(=O)O. The molecule has 0 spiro atoms. The number of likely N-dealkylation sites (N-methyl/N-ethyl adjacent to an activating group) is 3. The minimum absolute atomic E-state index is 0.187. The van der Waals surface area contributed by atoms with Gasteiger partial charge in [-0.1, -0.05) is 84.9 Å². The smallest absolute Gasteiger partial charge is 0.407 e. The number of nitrogens with one attached hydrogen (secondary N) is 1. The van der Waals surface area contributed by atoms with E-state index in [0.29, 0.717) is 6.42 Å². The van der Waals surface area contributed by atoms with Gasteiger partial charge in [0.2, 0.25) is 11.8 Å². The van der Waals surface area contributed by atoms with Crippen molar-refractivity contribution in [2.75, 3.05) is 21.1 Å². The molecule has 2 atom stereocenters. The van der Waals surface area contributed by atoms with Crippen LogP contribution < -0.4 is 5.32 Å². The van der Waals surface area contributed by atoms with E-state index in [2.05, 4.69) is 5.32 Å². The highest BCUT2D eigenvalue weighted by atomic mass is 16.4. The highest BCUT2D eigenvalue weighted by Crippen LogP contribution is 2.21. The number of nitrogens with zero attached hydrogens (tertiary/aromatic N) is 2. The molecule has 0 saturated heterocycles. The second-order valence-electron chi connectivity index (χ2n) is 8.45. The summed E-state index contributed by atoms with van der Waals surface area (Å²) in [5.41, 5.74) is 3.83. The molecular weight excluding hydrogens is 442 g/mol. The van der Waals surface area contributed by atoms with Gasteiger partial charge >= 0.3 is 6.09 Å². The van der Waals surface area contributed by atoms with Gasteiger partial charge in [-0.15, -0.1) is 0 Å². The second kappa shape index (κ2) is 11.8. The zero-order valence-corrected chi connectivity index (χ0v) is 20.2. The number of hydrogen-bond acceptors (Lipinski definition) is 3. The van der Waals surface area contributed by atoms with Crippen molar-refractivity contribution in [3.63, 3.8) is 0 Å². The maximum Gasteiger partial charge on any atom is 0.407 e. The molecule has 3 rings (SSSR count). The van der Waals surface area contributed by atoms with Crippen LogP contribution in [0, 0.1) is 0 Å². The fourth-order valence-electron chi connectivity index (χ4n) is 4.01. The number of rotatable bonds is 9. The van der Waals surface area contributed by atoms with Crippen molar-refractivity contribution in [2.45, 2.75) is 24.9 Å². The van der Waals surface area contributed by atoms with E-state index in [1.165, 1.54) is 19.0 Å². The first kappa shape index (κ1) is 25.5. The molecule has 0 bridgehead atoms. The van der Waals surface area contributed by atoms with Crippen molar-refractivity contribution < 1.29 is 19.5 Å². The average molecular weight is 474 g/mol. The minimum atomic E-state index is -1.21. The predicted octanol–water partition coefficient (Wildman–Crippen LogP) is 3.69. The summed E-state index contributed by atoms with van der Waals surface area (Å²) in [6.45, 7) is 0. The largest absolute Gasteiger partial charge is 0.465 e. The van der Waals surface area contributed by atoms with Crippen LogP contribution in [-0.4, -0.2) is 66.0 Å². The van der Waals surface area contributed by atoms with Crippen LogP contribution in [0.2, 0.25) is 0 Å². The molecule has 0 fully saturated rings. The Kier molecular flexibility index (Phi) is 8.62. The lowest BCUT2D eigenvalue weighted by molar-refractivity contribution is -0.142. The molecule has 0 aliphatic carbocycles. The Morgan fingerprint density at radius 3 is 1.74 bits per heavy atom. The molecule has 3 amide bonds. The molecule has 0 aliphatic rings. The third-order valence-electron chi connectivity index (χ3n) is 6.18. The van der Waals surface area contributed by atoms with Gasteiger partial charge < -0.3 is 15.3 Å². The molecule has 3 aromatic carbocycles. The van der Waals surface area contributed by atoms with Crippen LogP contribution in [0.1, 0.15) is 11.1 Å². The summed E-state index contributed by atoms with van der Waals surface area (Å²) >= 11 is 0. The van der Waals surface area contributed by atoms with Gasteiger partial charge in [-0.05, 0) is 22.3 Å². The molecule has 35 heavy (non-hydrogen) atoms. The third-order valence-corrected chi connectivity index (χ3v) is 6.18. The Bertz CT molecular complexity index is 1130. The van der Waals surface area contributed by atoms with Crippen molar-refractivity contribution in [1.29, 1.82) is 0 Å². The van der Waals surface area contributed by atoms with E-state index >= 15 is 0 Å². The minimum Gasteiger partial charge on any atom is -0.465 e. The van der Waals surface area contributed by atoms with Crippen molar-refractivity contribution in [1.82, 2.24) is 15.1 Å². The summed E-state index contributed by atoms with van der Waals surface area (Å²) in [7, 11) is 4.45. The molecule has 7 heteroatoms. The topological polar surface area (TPSA) is 90.0 Å². The molecule has 2 N–H and O–H groups in total. The first-order chi connectivity index (χ1) is 16.8. The number of amides is 3. The van der Waals surface area contributed by atoms with Gasteiger partial charge in [-0.3, -0.25) is 14.5 Å². The zero-order valence-electron chi connectivity index (χ0n) is 20.2. The maximum atomic E-state index is 13.6. The molecule has 0 radical (unpaired) electrons. The van der Waals surface area contributed by atoms with E-state index in [1.54, 1.807) is 7.05 Å². The van der Waals surface area contributed by atoms with Gasteiger partial charge in [0, 0.05) is 34.0 Å². The van der Waals surface area contributed by atoms with Gasteiger partial charge in [0.05, 0.1) is 0 Å². The van der Waals surface area contributed by atoms with Crippen LogP contribution >= 0.6 is 0 Å². The number of benzene rings is 3. The summed E-state index contributed by atoms with van der Waals surface area (Å²) < 4.78 is 0. The maximum absolute atomic E-state index is 13.6. The highest BCUT2D eigenvalue weighted by molar-refractivity contribution is 5.91. The second-order valence-corrected chi connectivity index (χ2v) is 8.45. The molecule has 182 valence electrons. The molecule has 0 heterocycles. The molecular formula is C28H31N3O4. The van der Waals surface area contributed by atoms with Gasteiger partial charge in [0.15, 0.2) is 0 Å². The predicted molar refractivity (Wildman–Crippen MR) is 136 cm³/mol. The Morgan fingerprint density at radius 2 is 1.20 bits per heavy atom. The number of carbonyl (C=O) groups is 3. The van der Waals surface area contributed by atoms with Crippen LogP contribution in [0.25, 0.3) is 11.1 Å². The zero-order chi connectivity index (χ0) is 25.4. The fraction of sp³-hybridized carbons (Fsp3) is 0.250.